The summed E-state index contributed by atoms with van der Waals surface area (Å²) in [6, 6.07) is 4.01. The van der Waals surface area contributed by atoms with Crippen molar-refractivity contribution in [2.75, 3.05) is 27.9 Å². The van der Waals surface area contributed by atoms with Crippen molar-refractivity contribution < 1.29 is 19.3 Å². The lowest BCUT2D eigenvalue weighted by molar-refractivity contribution is -0.0973. The molecule has 18 heavy (non-hydrogen) atoms. The molecule has 0 fully saturated rings. The number of methoxy groups -OCH3 is 3. The predicted octanol–water partition coefficient (Wildman–Crippen LogP) is 0.855. The standard InChI is InChI=1S/C13H19NO4/c1-16-11-5-8-4-9(7-14-13(15)18-3)10(8)6-12(11)17-2/h5-6,9,13-15H,4,7H2,1-3H3. The molecular weight excluding hydrogens is 234 g/mol. The van der Waals surface area contributed by atoms with Gasteiger partial charge in [-0.25, -0.2) is 0 Å². The Kier molecular flexibility index (Phi) is 4.06. The second-order valence-corrected chi connectivity index (χ2v) is 4.30. The first-order valence-electron chi connectivity index (χ1n) is 5.88. The minimum atomic E-state index is -0.908. The number of rotatable bonds is 6. The monoisotopic (exact) mass is 253 g/mol. The Balaban J connectivity index is 2.05. The Morgan fingerprint density at radius 1 is 1.28 bits per heavy atom. The third kappa shape index (κ3) is 2.43. The van der Waals surface area contributed by atoms with Gasteiger partial charge in [0, 0.05) is 19.6 Å². The molecular formula is C13H19NO4. The third-order valence-electron chi connectivity index (χ3n) is 3.31. The maximum atomic E-state index is 9.28. The van der Waals surface area contributed by atoms with Crippen LogP contribution in [0.3, 0.4) is 0 Å². The number of nitrogens with one attached hydrogen (secondary N) is 1. The van der Waals surface area contributed by atoms with E-state index >= 15 is 0 Å². The fourth-order valence-corrected chi connectivity index (χ4v) is 2.25. The zero-order chi connectivity index (χ0) is 13.1. The molecule has 2 N–H and O–H groups in total. The molecule has 1 aromatic rings. The summed E-state index contributed by atoms with van der Waals surface area (Å²) in [5, 5.41) is 12.2. The number of hydrogen-bond acceptors (Lipinski definition) is 5. The lowest BCUT2D eigenvalue weighted by Gasteiger charge is -2.32. The van der Waals surface area contributed by atoms with Crippen molar-refractivity contribution in [2.45, 2.75) is 18.8 Å². The molecule has 1 aliphatic rings. The van der Waals surface area contributed by atoms with Crippen molar-refractivity contribution in [1.29, 1.82) is 0 Å². The van der Waals surface area contributed by atoms with Crippen LogP contribution in [0.5, 0.6) is 11.5 Å². The highest BCUT2D eigenvalue weighted by Gasteiger charge is 2.28. The van der Waals surface area contributed by atoms with Crippen LogP contribution in [0.1, 0.15) is 17.0 Å². The third-order valence-corrected chi connectivity index (χ3v) is 3.31. The fourth-order valence-electron chi connectivity index (χ4n) is 2.25. The minimum Gasteiger partial charge on any atom is -0.493 e. The van der Waals surface area contributed by atoms with Crippen molar-refractivity contribution in [3.05, 3.63) is 23.3 Å². The van der Waals surface area contributed by atoms with Gasteiger partial charge < -0.3 is 19.3 Å². The molecule has 2 rings (SSSR count). The summed E-state index contributed by atoms with van der Waals surface area (Å²) < 4.78 is 15.3. The van der Waals surface area contributed by atoms with Gasteiger partial charge in [0.2, 0.25) is 6.41 Å². The highest BCUT2D eigenvalue weighted by atomic mass is 16.6. The smallest absolute Gasteiger partial charge is 0.213 e. The van der Waals surface area contributed by atoms with Crippen LogP contribution in [0, 0.1) is 0 Å². The molecule has 0 heterocycles. The normalized spacial score (nSPS) is 18.8. The van der Waals surface area contributed by atoms with E-state index < -0.39 is 6.41 Å². The van der Waals surface area contributed by atoms with Crippen LogP contribution in [0.4, 0.5) is 0 Å². The van der Waals surface area contributed by atoms with Crippen LogP contribution in [0.15, 0.2) is 12.1 Å². The lowest BCUT2D eigenvalue weighted by atomic mass is 9.77. The van der Waals surface area contributed by atoms with Crippen LogP contribution in [0.25, 0.3) is 0 Å². The van der Waals surface area contributed by atoms with Gasteiger partial charge in [-0.05, 0) is 29.7 Å². The molecule has 100 valence electrons. The Morgan fingerprint density at radius 3 is 2.56 bits per heavy atom. The highest BCUT2D eigenvalue weighted by molar-refractivity contribution is 5.53. The average Bonchev–Trinajstić information content (AvgIpc) is 2.38. The second-order valence-electron chi connectivity index (χ2n) is 4.30. The molecule has 0 aromatic heterocycles. The van der Waals surface area contributed by atoms with E-state index in [1.807, 2.05) is 12.1 Å². The SMILES string of the molecule is COc1cc2c(cc1OC)C(CNC(O)OC)C2. The van der Waals surface area contributed by atoms with Gasteiger partial charge in [0.05, 0.1) is 14.2 Å². The highest BCUT2D eigenvalue weighted by Crippen LogP contribution is 2.41. The van der Waals surface area contributed by atoms with Gasteiger partial charge in [-0.1, -0.05) is 0 Å². The molecule has 0 saturated heterocycles. The first-order valence-corrected chi connectivity index (χ1v) is 5.88. The maximum absolute atomic E-state index is 9.28. The maximum Gasteiger partial charge on any atom is 0.213 e. The number of ether oxygens (including phenoxy) is 3. The van der Waals surface area contributed by atoms with Crippen LogP contribution in [-0.2, 0) is 11.2 Å². The molecule has 0 amide bonds. The van der Waals surface area contributed by atoms with Crippen LogP contribution in [-0.4, -0.2) is 39.4 Å². The van der Waals surface area contributed by atoms with E-state index in [9.17, 15) is 5.11 Å². The van der Waals surface area contributed by atoms with E-state index in [1.54, 1.807) is 14.2 Å². The number of hydrogen-bond donors (Lipinski definition) is 2. The summed E-state index contributed by atoms with van der Waals surface area (Å²) in [4.78, 5) is 0. The van der Waals surface area contributed by atoms with Crippen LogP contribution in [0.2, 0.25) is 0 Å². The molecule has 0 aliphatic heterocycles. The number of benzene rings is 1. The molecule has 1 aromatic carbocycles. The summed E-state index contributed by atoms with van der Waals surface area (Å²) in [5.41, 5.74) is 2.51. The summed E-state index contributed by atoms with van der Waals surface area (Å²) in [6.45, 7) is 0.678. The van der Waals surface area contributed by atoms with Crippen molar-refractivity contribution >= 4 is 0 Å². The minimum absolute atomic E-state index is 0.379. The number of fused-ring (bicyclic) bond motifs is 1. The number of aliphatic hydroxyl groups is 1. The van der Waals surface area contributed by atoms with Crippen LogP contribution < -0.4 is 14.8 Å². The Hall–Kier alpha value is -1.30. The summed E-state index contributed by atoms with van der Waals surface area (Å²) in [7, 11) is 4.72. The molecule has 0 saturated carbocycles. The Morgan fingerprint density at radius 2 is 1.94 bits per heavy atom. The molecule has 2 unspecified atom stereocenters. The van der Waals surface area contributed by atoms with Gasteiger partial charge in [-0.2, -0.15) is 0 Å². The second kappa shape index (κ2) is 5.56. The van der Waals surface area contributed by atoms with Crippen molar-refractivity contribution in [1.82, 2.24) is 5.32 Å². The molecule has 0 spiro atoms. The molecule has 5 heteroatoms. The van der Waals surface area contributed by atoms with Gasteiger partial charge in [-0.15, -0.1) is 0 Å². The first kappa shape index (κ1) is 13.1. The van der Waals surface area contributed by atoms with Crippen molar-refractivity contribution in [2.24, 2.45) is 0 Å². The van der Waals surface area contributed by atoms with Crippen molar-refractivity contribution in [3.8, 4) is 11.5 Å². The van der Waals surface area contributed by atoms with E-state index in [-0.39, 0.29) is 0 Å². The topological polar surface area (TPSA) is 60.0 Å². The Labute approximate surface area is 107 Å². The summed E-state index contributed by atoms with van der Waals surface area (Å²) >= 11 is 0. The number of aliphatic hydroxyl groups excluding tert-OH is 1. The van der Waals surface area contributed by atoms with E-state index in [2.05, 4.69) is 5.32 Å². The predicted molar refractivity (Wildman–Crippen MR) is 67.0 cm³/mol. The fraction of sp³-hybridized carbons (Fsp3) is 0.538. The van der Waals surface area contributed by atoms with E-state index in [4.69, 9.17) is 14.2 Å². The van der Waals surface area contributed by atoms with Gasteiger partial charge >= 0.3 is 0 Å². The zero-order valence-corrected chi connectivity index (χ0v) is 10.9. The van der Waals surface area contributed by atoms with Gasteiger partial charge in [0.15, 0.2) is 11.5 Å². The van der Waals surface area contributed by atoms with E-state index in [0.717, 1.165) is 17.9 Å². The Bertz CT molecular complexity index is 422. The van der Waals surface area contributed by atoms with Crippen molar-refractivity contribution in [3.63, 3.8) is 0 Å². The van der Waals surface area contributed by atoms with Crippen LogP contribution >= 0.6 is 0 Å². The van der Waals surface area contributed by atoms with Gasteiger partial charge in [0.25, 0.3) is 0 Å². The summed E-state index contributed by atoms with van der Waals surface area (Å²) in [5.74, 6) is 1.89. The molecule has 1 aliphatic carbocycles. The van der Waals surface area contributed by atoms with Gasteiger partial charge in [-0.3, -0.25) is 5.32 Å². The lowest BCUT2D eigenvalue weighted by Crippen LogP contribution is -2.37. The van der Waals surface area contributed by atoms with E-state index in [0.29, 0.717) is 12.5 Å². The zero-order valence-electron chi connectivity index (χ0n) is 10.9. The van der Waals surface area contributed by atoms with Gasteiger partial charge in [0.1, 0.15) is 0 Å². The first-order chi connectivity index (χ1) is 8.69. The molecule has 0 bridgehead atoms. The molecule has 5 nitrogen and oxygen atoms in total. The average molecular weight is 253 g/mol. The largest absolute Gasteiger partial charge is 0.493 e. The molecule has 2 atom stereocenters. The quantitative estimate of drug-likeness (QED) is 0.736. The molecule has 0 radical (unpaired) electrons. The summed E-state index contributed by atoms with van der Waals surface area (Å²) in [6.07, 6.45) is 0.0632. The van der Waals surface area contributed by atoms with E-state index in [1.165, 1.54) is 18.2 Å².